The highest BCUT2D eigenvalue weighted by Gasteiger charge is 2.38. The maximum absolute atomic E-state index is 13.1. The summed E-state index contributed by atoms with van der Waals surface area (Å²) in [6.45, 7) is 1.72. The lowest BCUT2D eigenvalue weighted by atomic mass is 9.85. The number of nitrogens with one attached hydrogen (secondary N) is 1. The highest BCUT2D eigenvalue weighted by atomic mass is 32.2. The third kappa shape index (κ3) is 3.30. The van der Waals surface area contributed by atoms with Crippen molar-refractivity contribution < 1.29 is 26.4 Å². The molecule has 150 valence electrons. The summed E-state index contributed by atoms with van der Waals surface area (Å²) in [5.74, 6) is -0.533. The van der Waals surface area contributed by atoms with Crippen LogP contribution >= 0.6 is 0 Å². The number of alkyl halides is 3. The standard InChI is InChI=1S/C18H18F3N3O3S/c1-10-16-14(11-3-2-4-12(7-11)18(19,20)21)8-15(25)22-17(16)24(23-10)13-5-6-28(26,27)9-13/h2-4,7,13-14H,5-6,8-9H2,1H3,(H,22,25)/t13-,14-/m0/s1. The molecule has 2 atom stereocenters. The number of nitrogens with zero attached hydrogens (tertiary/aromatic N) is 2. The Bertz CT molecular complexity index is 1060. The molecule has 1 fully saturated rings. The van der Waals surface area contributed by atoms with Crippen molar-refractivity contribution >= 4 is 21.6 Å². The largest absolute Gasteiger partial charge is 0.416 e. The second-order valence-corrected chi connectivity index (χ2v) is 9.51. The van der Waals surface area contributed by atoms with E-state index in [1.54, 1.807) is 13.0 Å². The molecule has 1 saturated heterocycles. The van der Waals surface area contributed by atoms with Crippen molar-refractivity contribution in [1.82, 2.24) is 9.78 Å². The lowest BCUT2D eigenvalue weighted by Gasteiger charge is -2.26. The summed E-state index contributed by atoms with van der Waals surface area (Å²) in [5, 5.41) is 7.18. The highest BCUT2D eigenvalue weighted by Crippen LogP contribution is 2.42. The van der Waals surface area contributed by atoms with Gasteiger partial charge in [0.25, 0.3) is 0 Å². The number of carbonyl (C=O) groups excluding carboxylic acids is 1. The van der Waals surface area contributed by atoms with Crippen LogP contribution in [0.3, 0.4) is 0 Å². The van der Waals surface area contributed by atoms with Gasteiger partial charge in [-0.15, -0.1) is 0 Å². The first-order chi connectivity index (χ1) is 13.0. The second kappa shape index (κ2) is 6.33. The zero-order valence-corrected chi connectivity index (χ0v) is 15.8. The Hall–Kier alpha value is -2.36. The minimum absolute atomic E-state index is 0.00378. The fourth-order valence-corrected chi connectivity index (χ4v) is 5.71. The maximum atomic E-state index is 13.1. The zero-order chi connectivity index (χ0) is 20.3. The summed E-state index contributed by atoms with van der Waals surface area (Å²) in [5.41, 5.74) is 0.821. The molecule has 4 rings (SSSR count). The van der Waals surface area contributed by atoms with E-state index in [-0.39, 0.29) is 23.8 Å². The molecule has 1 aromatic heterocycles. The van der Waals surface area contributed by atoms with Gasteiger partial charge in [0, 0.05) is 17.9 Å². The molecule has 0 saturated carbocycles. The number of anilines is 1. The SMILES string of the molecule is Cc1nn([C@H]2CCS(=O)(=O)C2)c2c1[C@H](c1cccc(C(F)(F)F)c1)CC(=O)N2. The van der Waals surface area contributed by atoms with Crippen molar-refractivity contribution in [2.45, 2.75) is 37.9 Å². The first-order valence-corrected chi connectivity index (χ1v) is 10.6. The van der Waals surface area contributed by atoms with Gasteiger partial charge in [-0.05, 0) is 25.0 Å². The number of aryl methyl sites for hydroxylation is 1. The Morgan fingerprint density at radius 3 is 2.68 bits per heavy atom. The number of halogens is 3. The number of hydrogen-bond acceptors (Lipinski definition) is 4. The average molecular weight is 413 g/mol. The van der Waals surface area contributed by atoms with Gasteiger partial charge in [0.2, 0.25) is 5.91 Å². The third-order valence-corrected chi connectivity index (χ3v) is 7.05. The monoisotopic (exact) mass is 413 g/mol. The molecule has 2 aliphatic rings. The summed E-state index contributed by atoms with van der Waals surface area (Å²) >= 11 is 0. The van der Waals surface area contributed by atoms with Crippen molar-refractivity contribution in [1.29, 1.82) is 0 Å². The molecule has 0 aliphatic carbocycles. The van der Waals surface area contributed by atoms with E-state index in [9.17, 15) is 26.4 Å². The topological polar surface area (TPSA) is 81.1 Å². The molecular formula is C18H18F3N3O3S. The lowest BCUT2D eigenvalue weighted by molar-refractivity contribution is -0.137. The predicted molar refractivity (Wildman–Crippen MR) is 95.8 cm³/mol. The molecular weight excluding hydrogens is 395 g/mol. The fraction of sp³-hybridized carbons (Fsp3) is 0.444. The maximum Gasteiger partial charge on any atom is 0.416 e. The fourth-order valence-electron chi connectivity index (χ4n) is 4.02. The normalized spacial score (nSPS) is 24.1. The quantitative estimate of drug-likeness (QED) is 0.821. The van der Waals surface area contributed by atoms with Crippen LogP contribution in [0.2, 0.25) is 0 Å². The van der Waals surface area contributed by atoms with Crippen molar-refractivity contribution in [3.05, 3.63) is 46.6 Å². The van der Waals surface area contributed by atoms with Crippen LogP contribution in [-0.2, 0) is 20.8 Å². The Balaban J connectivity index is 1.79. The van der Waals surface area contributed by atoms with Crippen molar-refractivity contribution in [2.75, 3.05) is 16.8 Å². The molecule has 0 unspecified atom stereocenters. The van der Waals surface area contributed by atoms with E-state index in [0.29, 0.717) is 29.1 Å². The molecule has 3 heterocycles. The molecule has 0 spiro atoms. The van der Waals surface area contributed by atoms with Crippen LogP contribution in [0.5, 0.6) is 0 Å². The van der Waals surface area contributed by atoms with Gasteiger partial charge in [-0.1, -0.05) is 18.2 Å². The Kier molecular flexibility index (Phi) is 4.29. The number of aromatic nitrogens is 2. The van der Waals surface area contributed by atoms with Gasteiger partial charge < -0.3 is 5.32 Å². The Morgan fingerprint density at radius 1 is 1.29 bits per heavy atom. The molecule has 10 heteroatoms. The molecule has 1 amide bonds. The van der Waals surface area contributed by atoms with E-state index >= 15 is 0 Å². The van der Waals surface area contributed by atoms with Crippen molar-refractivity contribution in [3.8, 4) is 0 Å². The summed E-state index contributed by atoms with van der Waals surface area (Å²) in [6.07, 6.45) is -4.09. The van der Waals surface area contributed by atoms with E-state index in [1.807, 2.05) is 0 Å². The van der Waals surface area contributed by atoms with Gasteiger partial charge >= 0.3 is 6.18 Å². The molecule has 0 radical (unpaired) electrons. The van der Waals surface area contributed by atoms with Crippen LogP contribution in [0.4, 0.5) is 19.0 Å². The van der Waals surface area contributed by atoms with E-state index < -0.39 is 33.5 Å². The molecule has 6 nitrogen and oxygen atoms in total. The summed E-state index contributed by atoms with van der Waals surface area (Å²) in [7, 11) is -3.16. The summed E-state index contributed by atoms with van der Waals surface area (Å²) in [4.78, 5) is 12.3. The molecule has 1 aromatic carbocycles. The summed E-state index contributed by atoms with van der Waals surface area (Å²) < 4.78 is 64.5. The molecule has 2 aliphatic heterocycles. The number of amides is 1. The van der Waals surface area contributed by atoms with Crippen molar-refractivity contribution in [3.63, 3.8) is 0 Å². The van der Waals surface area contributed by atoms with Crippen LogP contribution in [0.15, 0.2) is 24.3 Å². The van der Waals surface area contributed by atoms with Gasteiger partial charge in [0.15, 0.2) is 9.84 Å². The molecule has 0 bridgehead atoms. The number of carbonyl (C=O) groups is 1. The van der Waals surface area contributed by atoms with Crippen molar-refractivity contribution in [2.24, 2.45) is 0 Å². The first kappa shape index (κ1) is 19.0. The minimum Gasteiger partial charge on any atom is -0.311 e. The van der Waals surface area contributed by atoms with Gasteiger partial charge in [-0.2, -0.15) is 18.3 Å². The van der Waals surface area contributed by atoms with Crippen LogP contribution in [0, 0.1) is 6.92 Å². The van der Waals surface area contributed by atoms with Gasteiger partial charge in [0.1, 0.15) is 5.82 Å². The van der Waals surface area contributed by atoms with Crippen LogP contribution < -0.4 is 5.32 Å². The van der Waals surface area contributed by atoms with Gasteiger partial charge in [0.05, 0.1) is 28.8 Å². The average Bonchev–Trinajstić information content (AvgIpc) is 3.13. The third-order valence-electron chi connectivity index (χ3n) is 5.30. The smallest absolute Gasteiger partial charge is 0.311 e. The number of fused-ring (bicyclic) bond motifs is 1. The van der Waals surface area contributed by atoms with E-state index in [2.05, 4.69) is 10.4 Å². The van der Waals surface area contributed by atoms with Crippen LogP contribution in [0.25, 0.3) is 0 Å². The van der Waals surface area contributed by atoms with Gasteiger partial charge in [-0.25, -0.2) is 13.1 Å². The Labute approximate surface area is 159 Å². The van der Waals surface area contributed by atoms with Gasteiger partial charge in [-0.3, -0.25) is 4.79 Å². The Morgan fingerprint density at radius 2 is 2.04 bits per heavy atom. The van der Waals surface area contributed by atoms with E-state index in [1.165, 1.54) is 10.7 Å². The summed E-state index contributed by atoms with van der Waals surface area (Å²) in [6, 6.07) is 4.55. The van der Waals surface area contributed by atoms with E-state index in [4.69, 9.17) is 0 Å². The highest BCUT2D eigenvalue weighted by molar-refractivity contribution is 7.91. The van der Waals surface area contributed by atoms with E-state index in [0.717, 1.165) is 12.1 Å². The number of rotatable bonds is 2. The predicted octanol–water partition coefficient (Wildman–Crippen LogP) is 3.04. The van der Waals surface area contributed by atoms with Crippen LogP contribution in [0.1, 0.15) is 47.2 Å². The molecule has 28 heavy (non-hydrogen) atoms. The first-order valence-electron chi connectivity index (χ1n) is 8.81. The van der Waals surface area contributed by atoms with Crippen LogP contribution in [-0.4, -0.2) is 35.6 Å². The second-order valence-electron chi connectivity index (χ2n) is 7.28. The minimum atomic E-state index is -4.48. The lowest BCUT2D eigenvalue weighted by Crippen LogP contribution is -2.26. The molecule has 1 N–H and O–H groups in total. The number of benzene rings is 1. The number of sulfone groups is 1. The number of hydrogen-bond donors (Lipinski definition) is 1. The molecule has 2 aromatic rings. The zero-order valence-electron chi connectivity index (χ0n) is 15.0.